The van der Waals surface area contributed by atoms with Crippen molar-refractivity contribution in [1.82, 2.24) is 0 Å². The van der Waals surface area contributed by atoms with Gasteiger partial charge in [-0.3, -0.25) is 0 Å². The van der Waals surface area contributed by atoms with Gasteiger partial charge in [-0.2, -0.15) is 0 Å². The van der Waals surface area contributed by atoms with E-state index in [-0.39, 0.29) is 11.9 Å². The van der Waals surface area contributed by atoms with Gasteiger partial charge in [-0.15, -0.1) is 0 Å². The fraction of sp³-hybridized carbons (Fsp3) is 0.333. The second-order valence-electron chi connectivity index (χ2n) is 5.51. The van der Waals surface area contributed by atoms with Gasteiger partial charge < -0.3 is 10.5 Å². The van der Waals surface area contributed by atoms with Crippen LogP contribution in [-0.2, 0) is 6.42 Å². The van der Waals surface area contributed by atoms with Gasteiger partial charge in [-0.25, -0.2) is 4.39 Å². The molecule has 0 radical (unpaired) electrons. The summed E-state index contributed by atoms with van der Waals surface area (Å²) >= 11 is 0. The van der Waals surface area contributed by atoms with E-state index in [0.29, 0.717) is 17.7 Å². The minimum absolute atomic E-state index is 0.0662. The SMILES string of the molecule is CCC(N)Cc1c(F)cccc1Oc1cc(C)cc(C)c1. The first-order valence-electron chi connectivity index (χ1n) is 7.28. The van der Waals surface area contributed by atoms with Crippen LogP contribution >= 0.6 is 0 Å². The van der Waals surface area contributed by atoms with Gasteiger partial charge >= 0.3 is 0 Å². The molecule has 0 aliphatic rings. The molecule has 2 aromatic carbocycles. The summed E-state index contributed by atoms with van der Waals surface area (Å²) in [6.45, 7) is 6.02. The average molecular weight is 287 g/mol. The predicted molar refractivity (Wildman–Crippen MR) is 84.4 cm³/mol. The van der Waals surface area contributed by atoms with Crippen molar-refractivity contribution in [3.05, 3.63) is 58.9 Å². The molecule has 2 aromatic rings. The van der Waals surface area contributed by atoms with E-state index < -0.39 is 0 Å². The number of halogens is 1. The standard InChI is InChI=1S/C18H22FNO/c1-4-14(20)11-16-17(19)6-5-7-18(16)21-15-9-12(2)8-13(3)10-15/h5-10,14H,4,11,20H2,1-3H3. The normalized spacial score (nSPS) is 12.2. The van der Waals surface area contributed by atoms with Gasteiger partial charge in [0, 0.05) is 11.6 Å². The van der Waals surface area contributed by atoms with Gasteiger partial charge in [0.15, 0.2) is 0 Å². The fourth-order valence-electron chi connectivity index (χ4n) is 2.36. The van der Waals surface area contributed by atoms with Crippen LogP contribution in [0, 0.1) is 19.7 Å². The molecule has 0 bridgehead atoms. The van der Waals surface area contributed by atoms with E-state index in [0.717, 1.165) is 23.3 Å². The van der Waals surface area contributed by atoms with Crippen LogP contribution in [0.2, 0.25) is 0 Å². The number of nitrogens with two attached hydrogens (primary N) is 1. The van der Waals surface area contributed by atoms with Crippen LogP contribution in [0.5, 0.6) is 11.5 Å². The Hall–Kier alpha value is -1.87. The van der Waals surface area contributed by atoms with E-state index in [1.54, 1.807) is 12.1 Å². The van der Waals surface area contributed by atoms with Crippen LogP contribution in [0.1, 0.15) is 30.0 Å². The van der Waals surface area contributed by atoms with E-state index in [4.69, 9.17) is 10.5 Å². The summed E-state index contributed by atoms with van der Waals surface area (Å²) in [6, 6.07) is 10.8. The van der Waals surface area contributed by atoms with Gasteiger partial charge in [0.2, 0.25) is 0 Å². The van der Waals surface area contributed by atoms with E-state index >= 15 is 0 Å². The molecular weight excluding hydrogens is 265 g/mol. The van der Waals surface area contributed by atoms with Gasteiger partial charge in [-0.05, 0) is 62.1 Å². The van der Waals surface area contributed by atoms with Crippen LogP contribution in [0.4, 0.5) is 4.39 Å². The zero-order chi connectivity index (χ0) is 15.4. The van der Waals surface area contributed by atoms with Crippen LogP contribution in [-0.4, -0.2) is 6.04 Å². The number of rotatable bonds is 5. The summed E-state index contributed by atoms with van der Waals surface area (Å²) in [6.07, 6.45) is 1.28. The monoisotopic (exact) mass is 287 g/mol. The highest BCUT2D eigenvalue weighted by molar-refractivity contribution is 5.41. The first kappa shape index (κ1) is 15.5. The van der Waals surface area contributed by atoms with Gasteiger partial charge in [0.25, 0.3) is 0 Å². The van der Waals surface area contributed by atoms with Crippen molar-refractivity contribution in [1.29, 1.82) is 0 Å². The van der Waals surface area contributed by atoms with Crippen molar-refractivity contribution in [3.8, 4) is 11.5 Å². The van der Waals surface area contributed by atoms with Crippen molar-refractivity contribution in [2.24, 2.45) is 5.73 Å². The summed E-state index contributed by atoms with van der Waals surface area (Å²) < 4.78 is 20.0. The molecule has 0 spiro atoms. The second-order valence-corrected chi connectivity index (χ2v) is 5.51. The van der Waals surface area contributed by atoms with Crippen LogP contribution < -0.4 is 10.5 Å². The Morgan fingerprint density at radius 3 is 2.43 bits per heavy atom. The van der Waals surface area contributed by atoms with E-state index in [1.807, 2.05) is 32.9 Å². The van der Waals surface area contributed by atoms with Gasteiger partial charge in [0.05, 0.1) is 0 Å². The highest BCUT2D eigenvalue weighted by Crippen LogP contribution is 2.29. The Morgan fingerprint density at radius 2 is 1.81 bits per heavy atom. The van der Waals surface area contributed by atoms with E-state index in [1.165, 1.54) is 6.07 Å². The number of hydrogen-bond donors (Lipinski definition) is 1. The molecule has 0 fully saturated rings. The summed E-state index contributed by atoms with van der Waals surface area (Å²) in [5.74, 6) is 1.01. The summed E-state index contributed by atoms with van der Waals surface area (Å²) in [7, 11) is 0. The molecule has 2 rings (SSSR count). The summed E-state index contributed by atoms with van der Waals surface area (Å²) in [4.78, 5) is 0. The minimum Gasteiger partial charge on any atom is -0.457 e. The maximum atomic E-state index is 14.1. The third-order valence-corrected chi connectivity index (χ3v) is 3.49. The molecule has 0 aromatic heterocycles. The maximum absolute atomic E-state index is 14.1. The van der Waals surface area contributed by atoms with Crippen molar-refractivity contribution >= 4 is 0 Å². The lowest BCUT2D eigenvalue weighted by Crippen LogP contribution is -2.22. The predicted octanol–water partition coefficient (Wildman–Crippen LogP) is 4.51. The Labute approximate surface area is 125 Å². The third-order valence-electron chi connectivity index (χ3n) is 3.49. The quantitative estimate of drug-likeness (QED) is 0.877. The topological polar surface area (TPSA) is 35.2 Å². The number of ether oxygens (including phenoxy) is 1. The minimum atomic E-state index is -0.263. The highest BCUT2D eigenvalue weighted by Gasteiger charge is 2.13. The molecule has 1 atom stereocenters. The Bertz CT molecular complexity index is 604. The van der Waals surface area contributed by atoms with Crippen molar-refractivity contribution in [2.45, 2.75) is 39.7 Å². The third kappa shape index (κ3) is 4.05. The lowest BCUT2D eigenvalue weighted by atomic mass is 10.0. The molecule has 112 valence electrons. The average Bonchev–Trinajstić information content (AvgIpc) is 2.41. The zero-order valence-electron chi connectivity index (χ0n) is 12.8. The molecule has 21 heavy (non-hydrogen) atoms. The molecule has 0 aliphatic carbocycles. The van der Waals surface area contributed by atoms with Crippen LogP contribution in [0.25, 0.3) is 0 Å². The van der Waals surface area contributed by atoms with Gasteiger partial charge in [0.1, 0.15) is 17.3 Å². The summed E-state index contributed by atoms with van der Waals surface area (Å²) in [5, 5.41) is 0. The first-order valence-corrected chi connectivity index (χ1v) is 7.28. The smallest absolute Gasteiger partial charge is 0.133 e. The lowest BCUT2D eigenvalue weighted by Gasteiger charge is -2.15. The second kappa shape index (κ2) is 6.72. The molecule has 0 saturated heterocycles. The van der Waals surface area contributed by atoms with E-state index in [2.05, 4.69) is 6.07 Å². The molecule has 0 amide bonds. The Morgan fingerprint density at radius 1 is 1.14 bits per heavy atom. The van der Waals surface area contributed by atoms with Crippen molar-refractivity contribution in [2.75, 3.05) is 0 Å². The maximum Gasteiger partial charge on any atom is 0.133 e. The molecule has 3 heteroatoms. The molecule has 2 nitrogen and oxygen atoms in total. The summed E-state index contributed by atoms with van der Waals surface area (Å²) in [5.41, 5.74) is 8.75. The number of aryl methyl sites for hydroxylation is 2. The lowest BCUT2D eigenvalue weighted by molar-refractivity contribution is 0.460. The Balaban J connectivity index is 2.32. The highest BCUT2D eigenvalue weighted by atomic mass is 19.1. The molecule has 0 saturated carbocycles. The number of hydrogen-bond acceptors (Lipinski definition) is 2. The molecule has 0 heterocycles. The van der Waals surface area contributed by atoms with Crippen LogP contribution in [0.3, 0.4) is 0 Å². The van der Waals surface area contributed by atoms with Crippen LogP contribution in [0.15, 0.2) is 36.4 Å². The van der Waals surface area contributed by atoms with Crippen molar-refractivity contribution in [3.63, 3.8) is 0 Å². The first-order chi connectivity index (χ1) is 9.99. The Kier molecular flexibility index (Phi) is 4.97. The van der Waals surface area contributed by atoms with Crippen molar-refractivity contribution < 1.29 is 9.13 Å². The number of benzene rings is 2. The molecule has 0 aliphatic heterocycles. The molecule has 2 N–H and O–H groups in total. The van der Waals surface area contributed by atoms with E-state index in [9.17, 15) is 4.39 Å². The fourth-order valence-corrected chi connectivity index (χ4v) is 2.36. The van der Waals surface area contributed by atoms with Gasteiger partial charge in [-0.1, -0.05) is 19.1 Å². The largest absolute Gasteiger partial charge is 0.457 e. The molecule has 1 unspecified atom stereocenters. The zero-order valence-corrected chi connectivity index (χ0v) is 12.8. The molecular formula is C18H22FNO.